The summed E-state index contributed by atoms with van der Waals surface area (Å²) >= 11 is 2.30. The van der Waals surface area contributed by atoms with Crippen molar-refractivity contribution in [2.45, 2.75) is 187 Å². The van der Waals surface area contributed by atoms with Crippen molar-refractivity contribution in [3.8, 4) is 0 Å². The number of fused-ring (bicyclic) bond motifs is 1. The first kappa shape index (κ1) is 92.0. The molecule has 3 unspecified atom stereocenters. The number of nitrogen functional groups attached to an aromatic ring is 1. The monoisotopic (exact) mass is 1640 g/mol. The maximum atomic E-state index is 14.8. The number of carboxylic acid groups (broad SMARTS) is 1. The van der Waals surface area contributed by atoms with Crippen LogP contribution in [0.3, 0.4) is 0 Å². The Morgan fingerprint density at radius 2 is 1.34 bits per heavy atom. The number of benzene rings is 1. The largest absolute Gasteiger partial charge is 0.481 e. The summed E-state index contributed by atoms with van der Waals surface area (Å²) in [5.74, 6) is -7.81. The molecule has 0 radical (unpaired) electrons. The van der Waals surface area contributed by atoms with Gasteiger partial charge in [-0.25, -0.2) is 33.9 Å². The van der Waals surface area contributed by atoms with E-state index in [2.05, 4.69) is 76.8 Å². The number of phosphoric ester groups is 2. The number of H-pyrrole nitrogens is 1. The summed E-state index contributed by atoms with van der Waals surface area (Å²) in [4.78, 5) is 156. The van der Waals surface area contributed by atoms with E-state index in [0.29, 0.717) is 23.4 Å². The van der Waals surface area contributed by atoms with Crippen LogP contribution in [0.2, 0.25) is 0 Å². The van der Waals surface area contributed by atoms with Crippen LogP contribution in [0.1, 0.15) is 96.0 Å². The van der Waals surface area contributed by atoms with E-state index in [-0.39, 0.29) is 113 Å². The number of carboxylic acids is 1. The zero-order valence-corrected chi connectivity index (χ0v) is 64.7. The summed E-state index contributed by atoms with van der Waals surface area (Å²) in [6.07, 6.45) is -2.65. The summed E-state index contributed by atoms with van der Waals surface area (Å²) in [7, 11) is -11.1. The number of guanidine groups is 1. The van der Waals surface area contributed by atoms with E-state index in [0.717, 1.165) is 18.1 Å². The van der Waals surface area contributed by atoms with Crippen molar-refractivity contribution in [1.82, 2.24) is 72.0 Å². The Bertz CT molecular complexity index is 3860. The smallest absolute Gasteiger partial charge is 0.480 e. The van der Waals surface area contributed by atoms with Crippen LogP contribution in [0, 0.1) is 5.92 Å². The molecule has 0 aliphatic carbocycles. The third-order valence-electron chi connectivity index (χ3n) is 17.1. The van der Waals surface area contributed by atoms with E-state index in [1.807, 2.05) is 0 Å². The van der Waals surface area contributed by atoms with Crippen molar-refractivity contribution in [2.75, 3.05) is 57.2 Å². The van der Waals surface area contributed by atoms with Crippen molar-refractivity contribution in [2.24, 2.45) is 33.8 Å². The van der Waals surface area contributed by atoms with E-state index in [1.54, 1.807) is 57.4 Å². The number of hydrogen-bond acceptors (Lipinski definition) is 31. The maximum Gasteiger partial charge on any atom is 0.481 e. The van der Waals surface area contributed by atoms with Crippen molar-refractivity contribution in [3.63, 3.8) is 0 Å². The van der Waals surface area contributed by atoms with Gasteiger partial charge in [-0.05, 0) is 101 Å². The number of aliphatic carboxylic acids is 1. The Balaban J connectivity index is 1.16. The summed E-state index contributed by atoms with van der Waals surface area (Å²) in [6, 6.07) is -1.27. The molecule has 2 saturated heterocycles. The number of ether oxygens (including phenoxy) is 2. The highest BCUT2D eigenvalue weighted by molar-refractivity contribution is 8.00. The molecule has 4 aromatic rings. The highest BCUT2D eigenvalue weighted by atomic mass is 32.2. The molecule has 27 N–H and O–H groups in total. The quantitative estimate of drug-likeness (QED) is 0.00496. The number of carbonyl (C=O) groups is 8. The molecule has 0 saturated carbocycles. The molecule has 43 nitrogen and oxygen atoms in total. The van der Waals surface area contributed by atoms with Gasteiger partial charge in [-0.2, -0.15) is 16.1 Å². The SMILES string of the molecule is CSCC[C@H](NC(=O)[C@H](CC(C)C)NC(=O)/C(=C\CCCNC(C)S[C@H]1O[C@H](COP(=O)(O)OP(=O)(O)OC[C@H]2O[C@@H](n3cnc4c(N)ncnc43)[C@H](O)[C@@H]2O)[C@@H](O)[C@H]1O)NC(=O)[C@H](CCCCN)NC(=O)[C@H](Cc1cnc[nH]1)NC(=O)[C@H](CCCN=C(N)N)NC(=O)[C@@H](N)CO)C(=O)N[C@@H](Cc1ccccc1)C(=O)O. The topological polar surface area (TPSA) is 690 Å². The molecular weight excluding hydrogens is 1540 g/mol. The molecule has 0 bridgehead atoms. The van der Waals surface area contributed by atoms with Crippen LogP contribution in [-0.2, 0) is 83.2 Å². The van der Waals surface area contributed by atoms with Gasteiger partial charge in [-0.3, -0.25) is 52.2 Å². The van der Waals surface area contributed by atoms with Crippen LogP contribution < -0.4 is 71.2 Å². The van der Waals surface area contributed by atoms with Gasteiger partial charge >= 0.3 is 21.6 Å². The normalized spacial score (nSPS) is 21.8. The molecule has 6 rings (SSSR count). The molecule has 3 aromatic heterocycles. The van der Waals surface area contributed by atoms with Crippen LogP contribution in [0.4, 0.5) is 5.82 Å². The number of unbranched alkanes of at least 4 members (excludes halogenated alkanes) is 2. The van der Waals surface area contributed by atoms with Crippen LogP contribution in [-0.4, -0.2) is 264 Å². The number of carbonyl (C=O) groups excluding carboxylic acids is 7. The van der Waals surface area contributed by atoms with Gasteiger partial charge in [0.25, 0.3) is 5.91 Å². The van der Waals surface area contributed by atoms with E-state index in [9.17, 15) is 87.9 Å². The standard InChI is InChI=1S/C64H102N20O23P2S2/c1-33(2)23-42(59(95)80-41(18-22-110-4)58(94)83-44(62(97)98)24-35-13-6-5-7-14-35)81-56(92)39(78-55(91)38(15-8-10-19-65)79-60(96)43(25-36-26-70-30-73-36)82-57(93)40(17-12-21-72-64(68)69)77-54(90)37(66)27-85)16-9-11-20-71-34(3)111-63-51(89)49(87)46(106-63)29-104-109(101,102)107-108(99,100)103-28-45-48(86)50(88)61(105-45)84-32-76-47-52(67)74-31-75-53(47)84/h5-7,13-14,16,26,30-34,37-38,40-46,48-51,61,63,71,85-89H,8-12,15,17-25,27-29,65-66H2,1-4H3,(H,70,73)(H,77,90)(H,78,91)(H,79,96)(H,80,95)(H,81,92)(H,82,93)(H,83,94)(H,97,98)(H,99,100)(H,101,102)(H2,67,74,75)(H4,68,69,72)/b39-16+/t34?,37-,38-,40-,41-,42-,43-,44-,45+,46+,48+,49+,50+,51+,61+,63+/m0/s1. The number of nitrogens with zero attached hydrogens (tertiary/aromatic N) is 6. The van der Waals surface area contributed by atoms with E-state index >= 15 is 0 Å². The second kappa shape index (κ2) is 45.1. The number of imidazole rings is 2. The van der Waals surface area contributed by atoms with Gasteiger partial charge in [0.1, 0.15) is 102 Å². The van der Waals surface area contributed by atoms with Gasteiger partial charge < -0.3 is 126 Å². The Kier molecular flexibility index (Phi) is 37.4. The molecule has 2 aliphatic heterocycles. The maximum absolute atomic E-state index is 14.8. The molecule has 18 atom stereocenters. The number of thioether (sulfide) groups is 2. The number of nitrogens with one attached hydrogen (secondary N) is 9. The number of aliphatic hydroxyl groups is 5. The Morgan fingerprint density at radius 3 is 1.96 bits per heavy atom. The van der Waals surface area contributed by atoms with Crippen molar-refractivity contribution < 1.29 is 111 Å². The van der Waals surface area contributed by atoms with Crippen molar-refractivity contribution in [3.05, 3.63) is 78.5 Å². The van der Waals surface area contributed by atoms with Crippen LogP contribution in [0.5, 0.6) is 0 Å². The molecule has 47 heteroatoms. The first-order chi connectivity index (χ1) is 52.6. The third kappa shape index (κ3) is 29.5. The Labute approximate surface area is 646 Å². The average molecular weight is 1650 g/mol. The predicted molar refractivity (Wildman–Crippen MR) is 401 cm³/mol. The van der Waals surface area contributed by atoms with Crippen LogP contribution >= 0.6 is 39.2 Å². The number of aromatic amines is 1. The number of rotatable bonds is 49. The molecule has 2 aliphatic rings. The van der Waals surface area contributed by atoms with Crippen LogP contribution in [0.15, 0.2) is 72.3 Å². The minimum Gasteiger partial charge on any atom is -0.480 e. The van der Waals surface area contributed by atoms with Crippen molar-refractivity contribution >= 4 is 109 Å². The number of anilines is 1. The number of phosphoric acid groups is 2. The Morgan fingerprint density at radius 1 is 0.739 bits per heavy atom. The van der Waals surface area contributed by atoms with Gasteiger partial charge in [0.2, 0.25) is 35.4 Å². The number of amides is 7. The van der Waals surface area contributed by atoms with Crippen molar-refractivity contribution in [1.29, 1.82) is 0 Å². The number of aliphatic hydroxyl groups excluding tert-OH is 5. The second-order valence-electron chi connectivity index (χ2n) is 26.3. The molecular formula is C64H102N20O23P2S2. The fraction of sp³-hybridized carbons (Fsp3) is 0.609. The molecule has 7 amide bonds. The van der Waals surface area contributed by atoms with Gasteiger partial charge in [0.05, 0.1) is 37.8 Å². The zero-order valence-electron chi connectivity index (χ0n) is 61.3. The predicted octanol–water partition coefficient (Wildman–Crippen LogP) is -4.32. The minimum absolute atomic E-state index is 0.000505. The fourth-order valence-corrected chi connectivity index (χ4v) is 15.0. The van der Waals surface area contributed by atoms with Gasteiger partial charge in [0, 0.05) is 31.3 Å². The second-order valence-corrected chi connectivity index (χ2v) is 31.8. The summed E-state index contributed by atoms with van der Waals surface area (Å²) in [6.45, 7) is 2.78. The molecule has 111 heavy (non-hydrogen) atoms. The first-order valence-electron chi connectivity index (χ1n) is 35.3. The molecule has 618 valence electrons. The van der Waals surface area contributed by atoms with E-state index in [4.69, 9.17) is 47.2 Å². The van der Waals surface area contributed by atoms with Gasteiger partial charge in [-0.1, -0.05) is 50.3 Å². The highest BCUT2D eigenvalue weighted by Crippen LogP contribution is 2.61. The first-order valence-corrected chi connectivity index (χ1v) is 40.7. The Hall–Kier alpha value is -7.89. The van der Waals surface area contributed by atoms with Gasteiger partial charge in [0.15, 0.2) is 23.7 Å². The van der Waals surface area contributed by atoms with Gasteiger partial charge in [-0.15, -0.1) is 11.8 Å². The number of aromatic nitrogens is 6. The lowest BCUT2D eigenvalue weighted by atomic mass is 10.0. The van der Waals surface area contributed by atoms with Crippen LogP contribution in [0.25, 0.3) is 11.2 Å². The lowest BCUT2D eigenvalue weighted by molar-refractivity contribution is -0.142. The lowest BCUT2D eigenvalue weighted by Crippen LogP contribution is -2.59. The fourth-order valence-electron chi connectivity index (χ4n) is 11.3. The minimum atomic E-state index is -5.55. The number of allylic oxidation sites excluding steroid dienone is 1. The lowest BCUT2D eigenvalue weighted by Gasteiger charge is -2.27. The number of hydrogen-bond donors (Lipinski definition) is 22. The van der Waals surface area contributed by atoms with E-state index in [1.165, 1.54) is 41.3 Å². The molecule has 5 heterocycles. The summed E-state index contributed by atoms with van der Waals surface area (Å²) in [5, 5.41) is 84.0. The molecule has 0 spiro atoms. The highest BCUT2D eigenvalue weighted by Gasteiger charge is 2.48. The summed E-state index contributed by atoms with van der Waals surface area (Å²) < 4.78 is 52.7. The molecule has 2 fully saturated rings. The summed E-state index contributed by atoms with van der Waals surface area (Å²) in [5.41, 5.74) is 28.0. The van der Waals surface area contributed by atoms with E-state index < -0.39 is 184 Å². The average Bonchev–Trinajstić information content (AvgIpc) is 1.63. The third-order valence-corrected chi connectivity index (χ3v) is 21.6. The zero-order chi connectivity index (χ0) is 81.7. The number of aliphatic imine (C=N–C) groups is 1. The molecule has 1 aromatic carbocycles. The number of nitrogens with two attached hydrogens (primary N) is 5.